The largest absolute Gasteiger partial charge is 0.460 e. The number of para-hydroxylation sites is 1. The van der Waals surface area contributed by atoms with Crippen molar-refractivity contribution in [2.45, 2.75) is 26.0 Å². The quantitative estimate of drug-likeness (QED) is 0.802. The van der Waals surface area contributed by atoms with E-state index in [1.165, 1.54) is 0 Å². The number of hydrogen-bond donors (Lipinski definition) is 1. The van der Waals surface area contributed by atoms with Gasteiger partial charge in [0.05, 0.1) is 18.3 Å². The molecule has 1 fully saturated rings. The Bertz CT molecular complexity index is 774. The Kier molecular flexibility index (Phi) is 3.67. The molecule has 2 atom stereocenters. The molecule has 0 aliphatic carbocycles. The number of benzene rings is 1. The lowest BCUT2D eigenvalue weighted by Gasteiger charge is -2.13. The van der Waals surface area contributed by atoms with Gasteiger partial charge in [-0.25, -0.2) is 0 Å². The lowest BCUT2D eigenvalue weighted by Crippen LogP contribution is -2.21. The van der Waals surface area contributed by atoms with Crippen LogP contribution < -0.4 is 0 Å². The first-order valence-corrected chi connectivity index (χ1v) is 7.97. The first kappa shape index (κ1) is 14.5. The van der Waals surface area contributed by atoms with E-state index >= 15 is 0 Å². The average molecular weight is 312 g/mol. The van der Waals surface area contributed by atoms with E-state index in [2.05, 4.69) is 22.2 Å². The molecule has 3 heterocycles. The molecule has 1 N–H and O–H groups in total. The molecule has 0 spiro atoms. The van der Waals surface area contributed by atoms with Gasteiger partial charge in [-0.1, -0.05) is 23.4 Å². The molecule has 120 valence electrons. The minimum atomic E-state index is -0.343. The highest BCUT2D eigenvalue weighted by atomic mass is 16.5. The van der Waals surface area contributed by atoms with Gasteiger partial charge in [-0.3, -0.25) is 4.90 Å². The topological polar surface area (TPSA) is 62.6 Å². The summed E-state index contributed by atoms with van der Waals surface area (Å²) in [5.41, 5.74) is 1.79. The van der Waals surface area contributed by atoms with E-state index in [0.29, 0.717) is 6.54 Å². The SMILES string of the molecule is Cc1cc(C[C@@H]2CN(Cc3cc4ccccc4o3)C[C@@H]2O)on1. The van der Waals surface area contributed by atoms with Gasteiger partial charge in [-0.15, -0.1) is 0 Å². The predicted molar refractivity (Wildman–Crippen MR) is 85.9 cm³/mol. The standard InChI is InChI=1S/C18H20N2O3/c1-12-6-15(23-19-12)8-14-9-20(11-17(14)21)10-16-7-13-4-2-3-5-18(13)22-16/h2-7,14,17,21H,8-11H2,1H3/t14-,17+/m1/s1. The van der Waals surface area contributed by atoms with Crippen molar-refractivity contribution in [1.82, 2.24) is 10.1 Å². The highest BCUT2D eigenvalue weighted by molar-refractivity contribution is 5.77. The summed E-state index contributed by atoms with van der Waals surface area (Å²) >= 11 is 0. The third kappa shape index (κ3) is 3.02. The summed E-state index contributed by atoms with van der Waals surface area (Å²) in [7, 11) is 0. The van der Waals surface area contributed by atoms with E-state index in [1.807, 2.05) is 31.2 Å². The molecule has 0 radical (unpaired) electrons. The van der Waals surface area contributed by atoms with E-state index in [4.69, 9.17) is 8.94 Å². The normalized spacial score (nSPS) is 22.2. The summed E-state index contributed by atoms with van der Waals surface area (Å²) in [4.78, 5) is 2.23. The number of rotatable bonds is 4. The maximum atomic E-state index is 10.3. The Morgan fingerprint density at radius 2 is 2.09 bits per heavy atom. The maximum Gasteiger partial charge on any atom is 0.137 e. The summed E-state index contributed by atoms with van der Waals surface area (Å²) in [5.74, 6) is 1.96. The number of nitrogens with zero attached hydrogens (tertiary/aromatic N) is 2. The first-order valence-electron chi connectivity index (χ1n) is 7.97. The van der Waals surface area contributed by atoms with Crippen LogP contribution in [0.2, 0.25) is 0 Å². The van der Waals surface area contributed by atoms with Gasteiger partial charge in [0.1, 0.15) is 17.1 Å². The van der Waals surface area contributed by atoms with Crippen molar-refractivity contribution in [2.75, 3.05) is 13.1 Å². The van der Waals surface area contributed by atoms with Gasteiger partial charge in [-0.2, -0.15) is 0 Å². The zero-order valence-corrected chi connectivity index (χ0v) is 13.1. The number of fused-ring (bicyclic) bond motifs is 1. The fourth-order valence-corrected chi connectivity index (χ4v) is 3.38. The molecular weight excluding hydrogens is 292 g/mol. The number of aromatic nitrogens is 1. The fourth-order valence-electron chi connectivity index (χ4n) is 3.38. The van der Waals surface area contributed by atoms with Gasteiger partial charge in [0.2, 0.25) is 0 Å². The van der Waals surface area contributed by atoms with Crippen molar-refractivity contribution in [3.05, 3.63) is 53.6 Å². The van der Waals surface area contributed by atoms with Gasteiger partial charge in [0, 0.05) is 36.9 Å². The molecular formula is C18H20N2O3. The molecule has 0 unspecified atom stereocenters. The van der Waals surface area contributed by atoms with Crippen molar-refractivity contribution in [1.29, 1.82) is 0 Å². The second kappa shape index (κ2) is 5.83. The fraction of sp³-hybridized carbons (Fsp3) is 0.389. The second-order valence-corrected chi connectivity index (χ2v) is 6.41. The number of likely N-dealkylation sites (tertiary alicyclic amines) is 1. The second-order valence-electron chi connectivity index (χ2n) is 6.41. The molecule has 5 nitrogen and oxygen atoms in total. The van der Waals surface area contributed by atoms with Gasteiger partial charge in [0.15, 0.2) is 0 Å². The molecule has 5 heteroatoms. The third-order valence-electron chi connectivity index (χ3n) is 4.48. The summed E-state index contributed by atoms with van der Waals surface area (Å²) in [6.07, 6.45) is 0.378. The summed E-state index contributed by atoms with van der Waals surface area (Å²) in [5, 5.41) is 15.3. The molecule has 1 saturated heterocycles. The minimum absolute atomic E-state index is 0.173. The van der Waals surface area contributed by atoms with Crippen molar-refractivity contribution in [3.63, 3.8) is 0 Å². The Labute approximate surface area is 134 Å². The Hall–Kier alpha value is -2.11. The molecule has 4 rings (SSSR count). The van der Waals surface area contributed by atoms with Crippen LogP contribution >= 0.6 is 0 Å². The maximum absolute atomic E-state index is 10.3. The molecule has 1 aliphatic rings. The number of β-amino-alcohol motifs (C(OH)–C–C–N with tert-alkyl or cyclic N) is 1. The van der Waals surface area contributed by atoms with Crippen molar-refractivity contribution < 1.29 is 14.0 Å². The molecule has 23 heavy (non-hydrogen) atoms. The van der Waals surface area contributed by atoms with E-state index in [-0.39, 0.29) is 12.0 Å². The van der Waals surface area contributed by atoms with Gasteiger partial charge < -0.3 is 14.0 Å². The highest BCUT2D eigenvalue weighted by Crippen LogP contribution is 2.25. The minimum Gasteiger partial charge on any atom is -0.460 e. The smallest absolute Gasteiger partial charge is 0.137 e. The predicted octanol–water partition coefficient (Wildman–Crippen LogP) is 2.76. The van der Waals surface area contributed by atoms with Crippen LogP contribution in [0.3, 0.4) is 0 Å². The summed E-state index contributed by atoms with van der Waals surface area (Å²) in [6, 6.07) is 12.0. The number of hydrogen-bond acceptors (Lipinski definition) is 5. The number of aryl methyl sites for hydroxylation is 1. The van der Waals surface area contributed by atoms with Crippen LogP contribution in [0.25, 0.3) is 11.0 Å². The van der Waals surface area contributed by atoms with Crippen LogP contribution in [-0.2, 0) is 13.0 Å². The van der Waals surface area contributed by atoms with Crippen LogP contribution in [0.5, 0.6) is 0 Å². The van der Waals surface area contributed by atoms with Crippen LogP contribution in [0, 0.1) is 12.8 Å². The monoisotopic (exact) mass is 312 g/mol. The molecule has 0 saturated carbocycles. The van der Waals surface area contributed by atoms with Crippen molar-refractivity contribution in [3.8, 4) is 0 Å². The average Bonchev–Trinajstić information content (AvgIpc) is 3.19. The molecule has 0 amide bonds. The van der Waals surface area contributed by atoms with Gasteiger partial charge in [-0.05, 0) is 19.1 Å². The molecule has 2 aromatic heterocycles. The molecule has 1 aliphatic heterocycles. The van der Waals surface area contributed by atoms with E-state index in [9.17, 15) is 5.11 Å². The lowest BCUT2D eigenvalue weighted by atomic mass is 10.0. The van der Waals surface area contributed by atoms with Crippen molar-refractivity contribution >= 4 is 11.0 Å². The van der Waals surface area contributed by atoms with E-state index in [1.54, 1.807) is 0 Å². The number of aliphatic hydroxyl groups excluding tert-OH is 1. The number of aliphatic hydroxyl groups is 1. The Morgan fingerprint density at radius 1 is 1.22 bits per heavy atom. The Balaban J connectivity index is 1.42. The van der Waals surface area contributed by atoms with Crippen molar-refractivity contribution in [2.24, 2.45) is 5.92 Å². The zero-order chi connectivity index (χ0) is 15.8. The van der Waals surface area contributed by atoms with Gasteiger partial charge >= 0.3 is 0 Å². The highest BCUT2D eigenvalue weighted by Gasteiger charge is 2.32. The van der Waals surface area contributed by atoms with Gasteiger partial charge in [0.25, 0.3) is 0 Å². The van der Waals surface area contributed by atoms with E-state index < -0.39 is 0 Å². The Morgan fingerprint density at radius 3 is 2.87 bits per heavy atom. The zero-order valence-electron chi connectivity index (χ0n) is 13.1. The van der Waals surface area contributed by atoms with E-state index in [0.717, 1.165) is 47.7 Å². The van der Waals surface area contributed by atoms with Crippen LogP contribution in [-0.4, -0.2) is 34.4 Å². The van der Waals surface area contributed by atoms with Crippen LogP contribution in [0.1, 0.15) is 17.2 Å². The lowest BCUT2D eigenvalue weighted by molar-refractivity contribution is 0.136. The third-order valence-corrected chi connectivity index (χ3v) is 4.48. The first-order chi connectivity index (χ1) is 11.2. The summed E-state index contributed by atoms with van der Waals surface area (Å²) in [6.45, 7) is 4.12. The van der Waals surface area contributed by atoms with Crippen LogP contribution in [0.15, 0.2) is 45.3 Å². The van der Waals surface area contributed by atoms with Crippen LogP contribution in [0.4, 0.5) is 0 Å². The molecule has 1 aromatic carbocycles. The summed E-state index contributed by atoms with van der Waals surface area (Å²) < 4.78 is 11.1. The molecule has 3 aromatic rings. The number of furan rings is 1. The molecule has 0 bridgehead atoms.